The van der Waals surface area contributed by atoms with E-state index in [1.165, 1.54) is 5.56 Å². The molecule has 0 saturated heterocycles. The normalized spacial score (nSPS) is 13.1. The van der Waals surface area contributed by atoms with Gasteiger partial charge < -0.3 is 15.5 Å². The summed E-state index contributed by atoms with van der Waals surface area (Å²) in [4.78, 5) is 28.3. The molecule has 0 radical (unpaired) electrons. The van der Waals surface area contributed by atoms with Crippen LogP contribution in [-0.2, 0) is 11.3 Å². The third kappa shape index (κ3) is 5.82. The summed E-state index contributed by atoms with van der Waals surface area (Å²) in [5.74, 6) is -0.160. The van der Waals surface area contributed by atoms with Crippen molar-refractivity contribution < 1.29 is 14.4 Å². The first kappa shape index (κ1) is 18.9. The van der Waals surface area contributed by atoms with Crippen LogP contribution in [-0.4, -0.2) is 31.1 Å². The first-order chi connectivity index (χ1) is 13.2. The highest BCUT2D eigenvalue weighted by atomic mass is 16.7. The maximum Gasteiger partial charge on any atom is 0.426 e. The van der Waals surface area contributed by atoms with E-state index in [0.29, 0.717) is 18.7 Å². The van der Waals surface area contributed by atoms with Crippen LogP contribution in [0.5, 0.6) is 0 Å². The lowest BCUT2D eigenvalue weighted by Crippen LogP contribution is -2.36. The zero-order valence-corrected chi connectivity index (χ0v) is 15.5. The minimum atomic E-state index is -0.480. The summed E-state index contributed by atoms with van der Waals surface area (Å²) in [6.45, 7) is 2.83. The fraction of sp³-hybridized carbons (Fsp3) is 0.333. The van der Waals surface area contributed by atoms with Crippen LogP contribution in [0.3, 0.4) is 0 Å². The summed E-state index contributed by atoms with van der Waals surface area (Å²) in [6.07, 6.45) is 2.55. The van der Waals surface area contributed by atoms with Crippen LogP contribution in [0.1, 0.15) is 35.7 Å². The fourth-order valence-corrected chi connectivity index (χ4v) is 2.62. The van der Waals surface area contributed by atoms with Crippen LogP contribution in [0.2, 0.25) is 0 Å². The van der Waals surface area contributed by atoms with Crippen LogP contribution in [0.15, 0.2) is 48.5 Å². The predicted octanol–water partition coefficient (Wildman–Crippen LogP) is 3.04. The van der Waals surface area contributed by atoms with Crippen LogP contribution in [0, 0.1) is 0 Å². The molecule has 1 aliphatic rings. The zero-order valence-electron chi connectivity index (χ0n) is 15.5. The molecule has 2 aromatic rings. The Morgan fingerprint density at radius 3 is 2.19 bits per heavy atom. The topological polar surface area (TPSA) is 79.5 Å². The number of rotatable bonds is 8. The van der Waals surface area contributed by atoms with E-state index in [9.17, 15) is 9.59 Å². The highest BCUT2D eigenvalue weighted by Crippen LogP contribution is 2.20. The Hall–Kier alpha value is -2.86. The predicted molar refractivity (Wildman–Crippen MR) is 104 cm³/mol. The summed E-state index contributed by atoms with van der Waals surface area (Å²) in [7, 11) is 0. The molecule has 0 unspecified atom stereocenters. The van der Waals surface area contributed by atoms with E-state index in [1.54, 1.807) is 0 Å². The zero-order chi connectivity index (χ0) is 19.1. The third-order valence-corrected chi connectivity index (χ3v) is 4.42. The van der Waals surface area contributed by atoms with Gasteiger partial charge in [0.2, 0.25) is 0 Å². The minimum Gasteiger partial charge on any atom is -0.354 e. The maximum atomic E-state index is 12.2. The fourth-order valence-electron chi connectivity index (χ4n) is 2.62. The molecule has 6 heteroatoms. The first-order valence-electron chi connectivity index (χ1n) is 9.33. The molecule has 1 aliphatic carbocycles. The highest BCUT2D eigenvalue weighted by molar-refractivity contribution is 5.94. The van der Waals surface area contributed by atoms with Crippen LogP contribution in [0.4, 0.5) is 4.79 Å². The van der Waals surface area contributed by atoms with Gasteiger partial charge in [-0.05, 0) is 48.1 Å². The second-order valence-corrected chi connectivity index (χ2v) is 6.59. The van der Waals surface area contributed by atoms with Crippen LogP contribution < -0.4 is 16.1 Å². The SMILES string of the molecule is CCc1ccc(-c2ccc(C(=O)NCCNOC(=O)NC3CC3)cc2)cc1. The molecule has 1 fully saturated rings. The number of benzene rings is 2. The Kier molecular flexibility index (Phi) is 6.44. The van der Waals surface area contributed by atoms with Gasteiger partial charge in [-0.3, -0.25) is 4.79 Å². The van der Waals surface area contributed by atoms with E-state index < -0.39 is 6.09 Å². The summed E-state index contributed by atoms with van der Waals surface area (Å²) < 4.78 is 0. The van der Waals surface area contributed by atoms with Crippen molar-refractivity contribution in [3.8, 4) is 11.1 Å². The van der Waals surface area contributed by atoms with Gasteiger partial charge in [-0.15, -0.1) is 5.48 Å². The number of amides is 2. The molecule has 0 spiro atoms. The standard InChI is InChI=1S/C21H25N3O3/c1-2-15-3-5-16(6-4-15)17-7-9-18(10-8-17)20(25)22-13-14-23-27-21(26)24-19-11-12-19/h3-10,19,23H,2,11-14H2,1H3,(H,22,25)(H,24,26). The number of carbonyl (C=O) groups is 2. The Morgan fingerprint density at radius 1 is 0.963 bits per heavy atom. The van der Waals surface area contributed by atoms with Gasteiger partial charge in [-0.2, -0.15) is 0 Å². The summed E-state index contributed by atoms with van der Waals surface area (Å²) >= 11 is 0. The van der Waals surface area contributed by atoms with Gasteiger partial charge in [0.15, 0.2) is 0 Å². The van der Waals surface area contributed by atoms with Gasteiger partial charge in [0.05, 0.1) is 0 Å². The molecule has 3 rings (SSSR count). The van der Waals surface area contributed by atoms with Crippen LogP contribution in [0.25, 0.3) is 11.1 Å². The third-order valence-electron chi connectivity index (χ3n) is 4.42. The first-order valence-corrected chi connectivity index (χ1v) is 9.33. The van der Waals surface area contributed by atoms with Gasteiger partial charge in [0, 0.05) is 24.7 Å². The molecule has 2 aromatic carbocycles. The number of hydrogen-bond donors (Lipinski definition) is 3. The summed E-state index contributed by atoms with van der Waals surface area (Å²) in [6, 6.07) is 16.2. The van der Waals surface area contributed by atoms with Crippen molar-refractivity contribution in [3.63, 3.8) is 0 Å². The molecule has 0 atom stereocenters. The van der Waals surface area contributed by atoms with E-state index in [1.807, 2.05) is 24.3 Å². The number of hydrogen-bond acceptors (Lipinski definition) is 4. The molecule has 0 bridgehead atoms. The van der Waals surface area contributed by atoms with E-state index >= 15 is 0 Å². The lowest BCUT2D eigenvalue weighted by molar-refractivity contribution is 0.0865. The minimum absolute atomic E-state index is 0.160. The van der Waals surface area contributed by atoms with Gasteiger partial charge in [-0.1, -0.05) is 43.3 Å². The lowest BCUT2D eigenvalue weighted by Gasteiger charge is -2.08. The molecule has 0 aliphatic heterocycles. The smallest absolute Gasteiger partial charge is 0.354 e. The lowest BCUT2D eigenvalue weighted by atomic mass is 10.0. The van der Waals surface area contributed by atoms with E-state index in [4.69, 9.17) is 4.84 Å². The van der Waals surface area contributed by atoms with Crippen molar-refractivity contribution >= 4 is 12.0 Å². The monoisotopic (exact) mass is 367 g/mol. The van der Waals surface area contributed by atoms with Gasteiger partial charge in [0.1, 0.15) is 0 Å². The van der Waals surface area contributed by atoms with Gasteiger partial charge in [0.25, 0.3) is 5.91 Å². The highest BCUT2D eigenvalue weighted by Gasteiger charge is 2.23. The Balaban J connectivity index is 1.40. The molecule has 27 heavy (non-hydrogen) atoms. The second-order valence-electron chi connectivity index (χ2n) is 6.59. The average Bonchev–Trinajstić information content (AvgIpc) is 3.51. The van der Waals surface area contributed by atoms with E-state index in [-0.39, 0.29) is 11.9 Å². The Bertz CT molecular complexity index is 768. The number of aryl methyl sites for hydroxylation is 1. The van der Waals surface area contributed by atoms with Crippen molar-refractivity contribution in [2.24, 2.45) is 0 Å². The quantitative estimate of drug-likeness (QED) is 0.495. The largest absolute Gasteiger partial charge is 0.426 e. The van der Waals surface area contributed by atoms with E-state index in [2.05, 4.69) is 47.3 Å². The number of carbonyl (C=O) groups excluding carboxylic acids is 2. The Morgan fingerprint density at radius 2 is 1.59 bits per heavy atom. The number of nitrogens with one attached hydrogen (secondary N) is 3. The molecule has 6 nitrogen and oxygen atoms in total. The van der Waals surface area contributed by atoms with Crippen molar-refractivity contribution in [1.82, 2.24) is 16.1 Å². The van der Waals surface area contributed by atoms with Crippen molar-refractivity contribution in [2.75, 3.05) is 13.1 Å². The second kappa shape index (κ2) is 9.19. The van der Waals surface area contributed by atoms with E-state index in [0.717, 1.165) is 30.4 Å². The molecule has 0 heterocycles. The molecule has 1 saturated carbocycles. The van der Waals surface area contributed by atoms with Crippen molar-refractivity contribution in [2.45, 2.75) is 32.2 Å². The molecule has 3 N–H and O–H groups in total. The van der Waals surface area contributed by atoms with Crippen molar-refractivity contribution in [3.05, 3.63) is 59.7 Å². The molecular weight excluding hydrogens is 342 g/mol. The van der Waals surface area contributed by atoms with Gasteiger partial charge >= 0.3 is 6.09 Å². The number of hydroxylamine groups is 1. The Labute approximate surface area is 159 Å². The summed E-state index contributed by atoms with van der Waals surface area (Å²) in [5, 5.41) is 5.48. The maximum absolute atomic E-state index is 12.2. The molecular formula is C21H25N3O3. The molecule has 142 valence electrons. The molecule has 2 amide bonds. The van der Waals surface area contributed by atoms with Crippen molar-refractivity contribution in [1.29, 1.82) is 0 Å². The molecule has 0 aromatic heterocycles. The summed E-state index contributed by atoms with van der Waals surface area (Å²) in [5.41, 5.74) is 6.64. The average molecular weight is 367 g/mol. The van der Waals surface area contributed by atoms with Gasteiger partial charge in [-0.25, -0.2) is 4.79 Å². The van der Waals surface area contributed by atoms with Crippen LogP contribution >= 0.6 is 0 Å².